The molecule has 0 saturated heterocycles. The van der Waals surface area contributed by atoms with Crippen molar-refractivity contribution >= 4 is 5.78 Å². The van der Waals surface area contributed by atoms with Gasteiger partial charge >= 0.3 is 0 Å². The molecule has 0 spiro atoms. The van der Waals surface area contributed by atoms with Crippen LogP contribution in [0, 0.1) is 11.3 Å². The summed E-state index contributed by atoms with van der Waals surface area (Å²) in [5.41, 5.74) is 1.70. The van der Waals surface area contributed by atoms with E-state index in [0.717, 1.165) is 17.5 Å². The van der Waals surface area contributed by atoms with Crippen molar-refractivity contribution in [1.82, 2.24) is 0 Å². The number of hydrogen-bond donors (Lipinski definition) is 0. The number of rotatable bonds is 4. The Kier molecular flexibility index (Phi) is 3.87. The fraction of sp³-hybridized carbons (Fsp3) is 0.333. The highest BCUT2D eigenvalue weighted by atomic mass is 16.1. The Morgan fingerprint density at radius 2 is 2.00 bits per heavy atom. The lowest BCUT2D eigenvalue weighted by atomic mass is 10.0. The first-order valence-electron chi connectivity index (χ1n) is 4.77. The lowest BCUT2D eigenvalue weighted by Crippen LogP contribution is -1.97. The second-order valence-corrected chi connectivity index (χ2v) is 3.20. The van der Waals surface area contributed by atoms with Crippen LogP contribution in [0.25, 0.3) is 0 Å². The van der Waals surface area contributed by atoms with Crippen molar-refractivity contribution < 1.29 is 4.79 Å². The van der Waals surface area contributed by atoms with Crippen LogP contribution in [0.2, 0.25) is 0 Å². The van der Waals surface area contributed by atoms with Crippen molar-refractivity contribution in [2.45, 2.75) is 26.2 Å². The van der Waals surface area contributed by atoms with Gasteiger partial charge in [0, 0.05) is 12.0 Å². The quantitative estimate of drug-likeness (QED) is 0.680. The van der Waals surface area contributed by atoms with Crippen LogP contribution in [0.3, 0.4) is 0 Å². The molecule has 14 heavy (non-hydrogen) atoms. The molecule has 0 fully saturated rings. The molecule has 0 amide bonds. The molecule has 0 aliphatic carbocycles. The second kappa shape index (κ2) is 5.18. The van der Waals surface area contributed by atoms with E-state index in [2.05, 4.69) is 6.07 Å². The van der Waals surface area contributed by atoms with E-state index in [1.807, 2.05) is 19.1 Å². The van der Waals surface area contributed by atoms with Gasteiger partial charge in [-0.05, 0) is 12.0 Å². The van der Waals surface area contributed by atoms with E-state index in [1.165, 1.54) is 0 Å². The highest BCUT2D eigenvalue weighted by Crippen LogP contribution is 2.08. The highest BCUT2D eigenvalue weighted by Gasteiger charge is 2.03. The van der Waals surface area contributed by atoms with Crippen molar-refractivity contribution in [3.8, 4) is 6.07 Å². The summed E-state index contributed by atoms with van der Waals surface area (Å²) in [5.74, 6) is 0.177. The normalized spacial score (nSPS) is 9.43. The number of Topliss-reactive ketones (excluding diaryl/α,β-unsaturated/α-hetero) is 1. The third-order valence-electron chi connectivity index (χ3n) is 2.04. The molecule has 0 atom stereocenters. The van der Waals surface area contributed by atoms with Gasteiger partial charge in [0.1, 0.15) is 0 Å². The third-order valence-corrected chi connectivity index (χ3v) is 2.04. The molecule has 1 aromatic carbocycles. The third kappa shape index (κ3) is 2.70. The summed E-state index contributed by atoms with van der Waals surface area (Å²) in [6.07, 6.45) is 1.87. The second-order valence-electron chi connectivity index (χ2n) is 3.20. The molecule has 0 unspecified atom stereocenters. The molecule has 1 rings (SSSR count). The van der Waals surface area contributed by atoms with Gasteiger partial charge in [-0.3, -0.25) is 4.79 Å². The van der Waals surface area contributed by atoms with Gasteiger partial charge in [0.25, 0.3) is 0 Å². The van der Waals surface area contributed by atoms with Crippen LogP contribution < -0.4 is 0 Å². The minimum absolute atomic E-state index is 0.177. The summed E-state index contributed by atoms with van der Waals surface area (Å²) in [6, 6.07) is 9.34. The Bertz CT molecular complexity index is 346. The Hall–Kier alpha value is -1.62. The predicted octanol–water partition coefficient (Wildman–Crippen LogP) is 2.74. The van der Waals surface area contributed by atoms with Gasteiger partial charge in [0.05, 0.1) is 12.5 Å². The summed E-state index contributed by atoms with van der Waals surface area (Å²) < 4.78 is 0. The van der Waals surface area contributed by atoms with E-state index in [1.54, 1.807) is 12.1 Å². The minimum atomic E-state index is 0.177. The predicted molar refractivity (Wildman–Crippen MR) is 55.0 cm³/mol. The summed E-state index contributed by atoms with van der Waals surface area (Å²) in [7, 11) is 0. The zero-order chi connectivity index (χ0) is 10.4. The fourth-order valence-electron chi connectivity index (χ4n) is 1.27. The standard InChI is InChI=1S/C12H13NO/c1-2-3-12(14)11-6-4-10(5-7-11)8-9-13/h4-7H,2-3,8H2,1H3. The zero-order valence-electron chi connectivity index (χ0n) is 8.29. The molecule has 0 saturated carbocycles. The Labute approximate surface area is 84.2 Å². The Morgan fingerprint density at radius 3 is 2.50 bits per heavy atom. The van der Waals surface area contributed by atoms with Crippen LogP contribution in [0.5, 0.6) is 0 Å². The molecule has 0 N–H and O–H groups in total. The van der Waals surface area contributed by atoms with Crippen LogP contribution in [0.4, 0.5) is 0 Å². The molecular formula is C12H13NO. The molecule has 0 aromatic heterocycles. The van der Waals surface area contributed by atoms with Gasteiger partial charge in [-0.15, -0.1) is 0 Å². The average Bonchev–Trinajstić information content (AvgIpc) is 2.20. The highest BCUT2D eigenvalue weighted by molar-refractivity contribution is 5.95. The van der Waals surface area contributed by atoms with E-state index in [-0.39, 0.29) is 5.78 Å². The lowest BCUT2D eigenvalue weighted by molar-refractivity contribution is 0.0982. The van der Waals surface area contributed by atoms with Crippen LogP contribution in [0.1, 0.15) is 35.7 Å². The number of benzene rings is 1. The molecule has 1 aromatic rings. The summed E-state index contributed by atoms with van der Waals surface area (Å²) in [6.45, 7) is 1.99. The SMILES string of the molecule is CCCC(=O)c1ccc(CC#N)cc1. The van der Waals surface area contributed by atoms with Crippen molar-refractivity contribution in [1.29, 1.82) is 5.26 Å². The van der Waals surface area contributed by atoms with Gasteiger partial charge in [-0.2, -0.15) is 5.26 Å². The van der Waals surface area contributed by atoms with E-state index in [4.69, 9.17) is 5.26 Å². The molecule has 0 heterocycles. The molecule has 72 valence electrons. The van der Waals surface area contributed by atoms with Crippen molar-refractivity contribution in [2.75, 3.05) is 0 Å². The van der Waals surface area contributed by atoms with Gasteiger partial charge in [0.2, 0.25) is 0 Å². The van der Waals surface area contributed by atoms with E-state index < -0.39 is 0 Å². The molecular weight excluding hydrogens is 174 g/mol. The number of nitriles is 1. The maximum absolute atomic E-state index is 11.4. The van der Waals surface area contributed by atoms with Gasteiger partial charge in [-0.1, -0.05) is 31.2 Å². The molecule has 0 aliphatic heterocycles. The van der Waals surface area contributed by atoms with E-state index >= 15 is 0 Å². The first-order chi connectivity index (χ1) is 6.77. The summed E-state index contributed by atoms with van der Waals surface area (Å²) >= 11 is 0. The van der Waals surface area contributed by atoms with E-state index in [9.17, 15) is 4.79 Å². The van der Waals surface area contributed by atoms with Gasteiger partial charge in [-0.25, -0.2) is 0 Å². The van der Waals surface area contributed by atoms with Gasteiger partial charge < -0.3 is 0 Å². The molecule has 2 heteroatoms. The topological polar surface area (TPSA) is 40.9 Å². The van der Waals surface area contributed by atoms with Crippen LogP contribution in [-0.2, 0) is 6.42 Å². The smallest absolute Gasteiger partial charge is 0.162 e. The fourth-order valence-corrected chi connectivity index (χ4v) is 1.27. The first-order valence-corrected chi connectivity index (χ1v) is 4.77. The van der Waals surface area contributed by atoms with Gasteiger partial charge in [0.15, 0.2) is 5.78 Å². The zero-order valence-corrected chi connectivity index (χ0v) is 8.29. The number of hydrogen-bond acceptors (Lipinski definition) is 2. The van der Waals surface area contributed by atoms with Crippen molar-refractivity contribution in [3.63, 3.8) is 0 Å². The van der Waals surface area contributed by atoms with Crippen LogP contribution in [-0.4, -0.2) is 5.78 Å². The summed E-state index contributed by atoms with van der Waals surface area (Å²) in [4.78, 5) is 11.4. The average molecular weight is 187 g/mol. The lowest BCUT2D eigenvalue weighted by Gasteiger charge is -1.99. The summed E-state index contributed by atoms with van der Waals surface area (Å²) in [5, 5.41) is 8.47. The maximum Gasteiger partial charge on any atom is 0.162 e. The number of carbonyl (C=O) groups excluding carboxylic acids is 1. The molecule has 0 bridgehead atoms. The van der Waals surface area contributed by atoms with Crippen molar-refractivity contribution in [2.24, 2.45) is 0 Å². The monoisotopic (exact) mass is 187 g/mol. The molecule has 2 nitrogen and oxygen atoms in total. The van der Waals surface area contributed by atoms with Crippen molar-refractivity contribution in [3.05, 3.63) is 35.4 Å². The molecule has 0 radical (unpaired) electrons. The Morgan fingerprint density at radius 1 is 1.36 bits per heavy atom. The van der Waals surface area contributed by atoms with Crippen LogP contribution in [0.15, 0.2) is 24.3 Å². The Balaban J connectivity index is 2.73. The largest absolute Gasteiger partial charge is 0.294 e. The van der Waals surface area contributed by atoms with E-state index in [0.29, 0.717) is 12.8 Å². The maximum atomic E-state index is 11.4. The molecule has 0 aliphatic rings. The first kappa shape index (κ1) is 10.5. The minimum Gasteiger partial charge on any atom is -0.294 e. The number of ketones is 1. The number of nitrogens with zero attached hydrogens (tertiary/aromatic N) is 1. The van der Waals surface area contributed by atoms with Crippen LogP contribution >= 0.6 is 0 Å². The number of carbonyl (C=O) groups is 1.